The first-order chi connectivity index (χ1) is 10.3. The molecule has 21 heavy (non-hydrogen) atoms. The average molecular weight is 284 g/mol. The lowest BCUT2D eigenvalue weighted by Gasteiger charge is -2.14. The van der Waals surface area contributed by atoms with Crippen molar-refractivity contribution in [3.8, 4) is 11.6 Å². The van der Waals surface area contributed by atoms with Crippen molar-refractivity contribution in [3.63, 3.8) is 0 Å². The highest BCUT2D eigenvalue weighted by atomic mass is 16.5. The van der Waals surface area contributed by atoms with Gasteiger partial charge in [-0.05, 0) is 36.1 Å². The zero-order chi connectivity index (χ0) is 14.7. The van der Waals surface area contributed by atoms with E-state index in [9.17, 15) is 0 Å². The van der Waals surface area contributed by atoms with Crippen LogP contribution in [-0.2, 0) is 12.8 Å². The molecule has 0 fully saturated rings. The van der Waals surface area contributed by atoms with E-state index in [0.717, 1.165) is 37.2 Å². The minimum atomic E-state index is -0.0712. The quantitative estimate of drug-likeness (QED) is 0.917. The van der Waals surface area contributed by atoms with Crippen LogP contribution in [-0.4, -0.2) is 18.7 Å². The fourth-order valence-corrected chi connectivity index (χ4v) is 2.73. The number of ether oxygens (including phenoxy) is 2. The minimum absolute atomic E-state index is 0.0712. The summed E-state index contributed by atoms with van der Waals surface area (Å²) in [5.74, 6) is 1.64. The molecular formula is C17H20N2O2. The maximum absolute atomic E-state index is 6.29. The van der Waals surface area contributed by atoms with Crippen molar-refractivity contribution in [1.29, 1.82) is 0 Å². The second-order valence-corrected chi connectivity index (χ2v) is 5.29. The largest absolute Gasteiger partial charge is 0.493 e. The molecule has 1 aromatic heterocycles. The van der Waals surface area contributed by atoms with Crippen LogP contribution in [0.1, 0.15) is 29.2 Å². The molecule has 1 atom stereocenters. The van der Waals surface area contributed by atoms with Crippen LogP contribution in [0.2, 0.25) is 0 Å². The van der Waals surface area contributed by atoms with Gasteiger partial charge in [-0.1, -0.05) is 18.2 Å². The molecule has 0 radical (unpaired) electrons. The van der Waals surface area contributed by atoms with Gasteiger partial charge in [-0.2, -0.15) is 0 Å². The number of nitrogens with two attached hydrogens (primary N) is 1. The molecule has 0 saturated carbocycles. The molecular weight excluding hydrogens is 264 g/mol. The Labute approximate surface area is 124 Å². The fourth-order valence-electron chi connectivity index (χ4n) is 2.73. The van der Waals surface area contributed by atoms with Crippen molar-refractivity contribution in [1.82, 2.24) is 4.98 Å². The molecule has 0 bridgehead atoms. The summed E-state index contributed by atoms with van der Waals surface area (Å²) in [5, 5.41) is 0. The van der Waals surface area contributed by atoms with Crippen molar-refractivity contribution in [2.75, 3.05) is 13.7 Å². The number of hydrogen-bond donors (Lipinski definition) is 1. The lowest BCUT2D eigenvalue weighted by Crippen LogP contribution is -2.13. The molecule has 2 aromatic rings. The van der Waals surface area contributed by atoms with E-state index in [1.54, 1.807) is 13.3 Å². The predicted molar refractivity (Wildman–Crippen MR) is 81.7 cm³/mol. The van der Waals surface area contributed by atoms with Gasteiger partial charge < -0.3 is 15.2 Å². The first-order valence-corrected chi connectivity index (χ1v) is 7.27. The average Bonchev–Trinajstić information content (AvgIpc) is 3.00. The molecule has 1 aromatic carbocycles. The van der Waals surface area contributed by atoms with E-state index >= 15 is 0 Å². The monoisotopic (exact) mass is 284 g/mol. The molecule has 0 amide bonds. The standard InChI is InChI=1S/C17H20N2O2/c1-20-17-14(3-2-9-19-17)15(18)6-4-12-5-7-16-13(11-12)8-10-21-16/h2-3,5,7,9,11,15H,4,6,8,10,18H2,1H3. The summed E-state index contributed by atoms with van der Waals surface area (Å²) in [4.78, 5) is 4.20. The number of aryl methyl sites for hydroxylation is 1. The van der Waals surface area contributed by atoms with Gasteiger partial charge in [0.2, 0.25) is 5.88 Å². The highest BCUT2D eigenvalue weighted by Gasteiger charge is 2.15. The van der Waals surface area contributed by atoms with Crippen LogP contribution >= 0.6 is 0 Å². The Morgan fingerprint density at radius 2 is 2.29 bits per heavy atom. The number of aromatic nitrogens is 1. The van der Waals surface area contributed by atoms with Crippen molar-refractivity contribution in [2.24, 2.45) is 5.73 Å². The third-order valence-corrected chi connectivity index (χ3v) is 3.89. The number of hydrogen-bond acceptors (Lipinski definition) is 4. The van der Waals surface area contributed by atoms with Crippen LogP contribution in [0, 0.1) is 0 Å². The van der Waals surface area contributed by atoms with Crippen LogP contribution in [0.4, 0.5) is 0 Å². The Balaban J connectivity index is 1.67. The number of rotatable bonds is 5. The number of nitrogens with zero attached hydrogens (tertiary/aromatic N) is 1. The first-order valence-electron chi connectivity index (χ1n) is 7.27. The van der Waals surface area contributed by atoms with Gasteiger partial charge >= 0.3 is 0 Å². The topological polar surface area (TPSA) is 57.4 Å². The number of benzene rings is 1. The Hall–Kier alpha value is -2.07. The Bertz CT molecular complexity index is 628. The lowest BCUT2D eigenvalue weighted by atomic mass is 9.99. The van der Waals surface area contributed by atoms with E-state index < -0.39 is 0 Å². The highest BCUT2D eigenvalue weighted by Crippen LogP contribution is 2.28. The second-order valence-electron chi connectivity index (χ2n) is 5.29. The molecule has 4 nitrogen and oxygen atoms in total. The summed E-state index contributed by atoms with van der Waals surface area (Å²) in [6.45, 7) is 0.797. The maximum Gasteiger partial charge on any atom is 0.217 e. The normalized spacial score (nSPS) is 14.4. The van der Waals surface area contributed by atoms with Gasteiger partial charge in [0, 0.05) is 24.2 Å². The summed E-state index contributed by atoms with van der Waals surface area (Å²) in [7, 11) is 1.62. The van der Waals surface area contributed by atoms with Crippen LogP contribution < -0.4 is 15.2 Å². The van der Waals surface area contributed by atoms with Crippen molar-refractivity contribution < 1.29 is 9.47 Å². The van der Waals surface area contributed by atoms with Gasteiger partial charge in [0.1, 0.15) is 5.75 Å². The third kappa shape index (κ3) is 3.00. The summed E-state index contributed by atoms with van der Waals surface area (Å²) in [5.41, 5.74) is 9.86. The van der Waals surface area contributed by atoms with E-state index in [0.29, 0.717) is 5.88 Å². The van der Waals surface area contributed by atoms with Crippen LogP contribution in [0.3, 0.4) is 0 Å². The van der Waals surface area contributed by atoms with Gasteiger partial charge in [0.05, 0.1) is 13.7 Å². The predicted octanol–water partition coefficient (Wildman–Crippen LogP) is 2.66. The van der Waals surface area contributed by atoms with E-state index in [1.807, 2.05) is 12.1 Å². The van der Waals surface area contributed by atoms with Gasteiger partial charge in [0.25, 0.3) is 0 Å². The van der Waals surface area contributed by atoms with Gasteiger partial charge in [-0.25, -0.2) is 4.98 Å². The molecule has 110 valence electrons. The van der Waals surface area contributed by atoms with E-state index in [2.05, 4.69) is 23.2 Å². The molecule has 1 aliphatic heterocycles. The third-order valence-electron chi connectivity index (χ3n) is 3.89. The Morgan fingerprint density at radius 1 is 1.38 bits per heavy atom. The molecule has 3 rings (SSSR count). The van der Waals surface area contributed by atoms with Crippen molar-refractivity contribution in [2.45, 2.75) is 25.3 Å². The molecule has 0 saturated heterocycles. The fraction of sp³-hybridized carbons (Fsp3) is 0.353. The molecule has 1 unspecified atom stereocenters. The molecule has 0 spiro atoms. The van der Waals surface area contributed by atoms with Crippen LogP contribution in [0.25, 0.3) is 0 Å². The second kappa shape index (κ2) is 6.14. The molecule has 4 heteroatoms. The van der Waals surface area contributed by atoms with Crippen LogP contribution in [0.15, 0.2) is 36.5 Å². The number of fused-ring (bicyclic) bond motifs is 1. The van der Waals surface area contributed by atoms with Gasteiger partial charge in [-0.3, -0.25) is 0 Å². The Morgan fingerprint density at radius 3 is 3.14 bits per heavy atom. The zero-order valence-electron chi connectivity index (χ0n) is 12.2. The summed E-state index contributed by atoms with van der Waals surface area (Å²) >= 11 is 0. The molecule has 0 aliphatic carbocycles. The summed E-state index contributed by atoms with van der Waals surface area (Å²) < 4.78 is 10.8. The highest BCUT2D eigenvalue weighted by molar-refractivity contribution is 5.40. The van der Waals surface area contributed by atoms with Gasteiger partial charge in [-0.15, -0.1) is 0 Å². The van der Waals surface area contributed by atoms with Crippen molar-refractivity contribution in [3.05, 3.63) is 53.2 Å². The minimum Gasteiger partial charge on any atom is -0.493 e. The smallest absolute Gasteiger partial charge is 0.217 e. The van der Waals surface area contributed by atoms with E-state index in [-0.39, 0.29) is 6.04 Å². The summed E-state index contributed by atoms with van der Waals surface area (Å²) in [6.07, 6.45) is 4.52. The lowest BCUT2D eigenvalue weighted by molar-refractivity contribution is 0.357. The van der Waals surface area contributed by atoms with Gasteiger partial charge in [0.15, 0.2) is 0 Å². The van der Waals surface area contributed by atoms with E-state index in [1.165, 1.54) is 11.1 Å². The maximum atomic E-state index is 6.29. The molecule has 1 aliphatic rings. The van der Waals surface area contributed by atoms with Crippen molar-refractivity contribution >= 4 is 0 Å². The van der Waals surface area contributed by atoms with E-state index in [4.69, 9.17) is 15.2 Å². The summed E-state index contributed by atoms with van der Waals surface area (Å²) in [6, 6.07) is 10.2. The first kappa shape index (κ1) is 13.9. The SMILES string of the molecule is COc1ncccc1C(N)CCc1ccc2c(c1)CCO2. The van der Waals surface area contributed by atoms with Crippen LogP contribution in [0.5, 0.6) is 11.6 Å². The zero-order valence-corrected chi connectivity index (χ0v) is 12.2. The molecule has 2 N–H and O–H groups in total. The number of methoxy groups -OCH3 is 1. The molecule has 2 heterocycles. The number of pyridine rings is 1. The Kier molecular flexibility index (Phi) is 4.06.